The average molecular weight is 358 g/mol. The van der Waals surface area contributed by atoms with Crippen molar-refractivity contribution < 1.29 is 48.7 Å². The molecule has 0 saturated heterocycles. The maximum absolute atomic E-state index is 13.0. The van der Waals surface area contributed by atoms with Crippen LogP contribution in [0, 0.1) is 0 Å². The molecule has 0 fully saturated rings. The smallest absolute Gasteiger partial charge is 0.319 e. The molecule has 23 heavy (non-hydrogen) atoms. The van der Waals surface area contributed by atoms with Gasteiger partial charge in [-0.15, -0.1) is 0 Å². The van der Waals surface area contributed by atoms with E-state index in [1.165, 1.54) is 0 Å². The van der Waals surface area contributed by atoms with Crippen molar-refractivity contribution in [3.63, 3.8) is 0 Å². The fourth-order valence-corrected chi connectivity index (χ4v) is 1.26. The molecule has 0 aromatic carbocycles. The minimum absolute atomic E-state index is 0.169. The van der Waals surface area contributed by atoms with Gasteiger partial charge in [0.15, 0.2) is 0 Å². The molecule has 0 unspecified atom stereocenters. The molecule has 0 aliphatic rings. The lowest BCUT2D eigenvalue weighted by Gasteiger charge is -2.27. The number of alkyl halides is 10. The number of halogens is 10. The Hall–Kier alpha value is -2.08. The van der Waals surface area contributed by atoms with Crippen LogP contribution in [-0.2, 0) is 11.0 Å². The van der Waals surface area contributed by atoms with Crippen LogP contribution in [0.1, 0.15) is 5.56 Å². The Kier molecular flexibility index (Phi) is 4.56. The first-order chi connectivity index (χ1) is 10.1. The Morgan fingerprint density at radius 2 is 1.48 bits per heavy atom. The molecule has 130 valence electrons. The molecule has 1 aromatic rings. The van der Waals surface area contributed by atoms with E-state index >= 15 is 0 Å². The van der Waals surface area contributed by atoms with E-state index < -0.39 is 41.4 Å². The summed E-state index contributed by atoms with van der Waals surface area (Å²) in [5, 5.41) is 0.684. The second-order valence-corrected chi connectivity index (χ2v) is 4.02. The Balaban J connectivity index is 3.19. The van der Waals surface area contributed by atoms with Gasteiger partial charge in [0.1, 0.15) is 0 Å². The van der Waals surface area contributed by atoms with E-state index in [0.29, 0.717) is 11.5 Å². The van der Waals surface area contributed by atoms with E-state index in [2.05, 4.69) is 4.98 Å². The molecule has 0 saturated carbocycles. The monoisotopic (exact) mass is 358 g/mol. The predicted octanol–water partition coefficient (Wildman–Crippen LogP) is 3.87. The summed E-state index contributed by atoms with van der Waals surface area (Å²) in [6.45, 7) is 0. The van der Waals surface area contributed by atoms with Crippen molar-refractivity contribution in [2.24, 2.45) is 0 Å². The highest BCUT2D eigenvalue weighted by atomic mass is 19.4. The molecule has 0 radical (unpaired) electrons. The zero-order valence-corrected chi connectivity index (χ0v) is 10.4. The second kappa shape index (κ2) is 5.53. The van der Waals surface area contributed by atoms with Crippen LogP contribution in [0.5, 0.6) is 0 Å². The van der Waals surface area contributed by atoms with Crippen LogP contribution in [-0.4, -0.2) is 28.9 Å². The third-order valence-corrected chi connectivity index (χ3v) is 2.41. The van der Waals surface area contributed by atoms with E-state index in [1.807, 2.05) is 0 Å². The number of carbonyl (C=O) groups is 1. The molecular weight excluding hydrogens is 354 g/mol. The minimum Gasteiger partial charge on any atom is -0.319 e. The number of pyridine rings is 1. The molecule has 3 nitrogen and oxygen atoms in total. The highest BCUT2D eigenvalue weighted by molar-refractivity contribution is 5.97. The minimum atomic E-state index is -6.80. The van der Waals surface area contributed by atoms with Crippen LogP contribution in [0.15, 0.2) is 18.5 Å². The maximum Gasteiger partial charge on any atom is 0.460 e. The summed E-state index contributed by atoms with van der Waals surface area (Å²) in [5.41, 5.74) is -3.25. The van der Waals surface area contributed by atoms with Gasteiger partial charge in [-0.3, -0.25) is 9.78 Å². The molecular formula is C10H4F10N2O. The molecule has 1 N–H and O–H groups in total. The van der Waals surface area contributed by atoms with Crippen LogP contribution < -0.4 is 5.32 Å². The zero-order valence-electron chi connectivity index (χ0n) is 10.4. The van der Waals surface area contributed by atoms with Crippen LogP contribution in [0.2, 0.25) is 0 Å². The quantitative estimate of drug-likeness (QED) is 0.834. The van der Waals surface area contributed by atoms with E-state index in [1.54, 1.807) is 0 Å². The van der Waals surface area contributed by atoms with Crippen molar-refractivity contribution in [1.82, 2.24) is 4.98 Å². The second-order valence-electron chi connectivity index (χ2n) is 4.02. The van der Waals surface area contributed by atoms with Gasteiger partial charge >= 0.3 is 30.1 Å². The van der Waals surface area contributed by atoms with Gasteiger partial charge in [0.2, 0.25) is 0 Å². The summed E-state index contributed by atoms with van der Waals surface area (Å²) in [4.78, 5) is 14.0. The number of aromatic nitrogens is 1. The third-order valence-electron chi connectivity index (χ3n) is 2.41. The van der Waals surface area contributed by atoms with Crippen LogP contribution in [0.25, 0.3) is 0 Å². The molecule has 1 aromatic heterocycles. The summed E-state index contributed by atoms with van der Waals surface area (Å²) >= 11 is 0. The third kappa shape index (κ3) is 3.47. The number of amides is 1. The number of nitrogens with one attached hydrogen (secondary N) is 1. The number of hydrogen-bond donors (Lipinski definition) is 1. The van der Waals surface area contributed by atoms with Gasteiger partial charge in [-0.2, -0.15) is 43.9 Å². The largest absolute Gasteiger partial charge is 0.460 e. The SMILES string of the molecule is O=C(Nc1cnccc1C(F)(F)F)C(F)(F)C(F)(F)C(F)(F)F. The fourth-order valence-electron chi connectivity index (χ4n) is 1.26. The normalized spacial score (nSPS) is 13.8. The van der Waals surface area contributed by atoms with E-state index in [-0.39, 0.29) is 12.3 Å². The van der Waals surface area contributed by atoms with E-state index in [0.717, 1.165) is 0 Å². The summed E-state index contributed by atoms with van der Waals surface area (Å²) in [7, 11) is 0. The number of nitrogens with zero attached hydrogens (tertiary/aromatic N) is 1. The lowest BCUT2D eigenvalue weighted by Crippen LogP contribution is -2.57. The molecule has 0 spiro atoms. The van der Waals surface area contributed by atoms with Crippen LogP contribution in [0.4, 0.5) is 49.6 Å². The number of carbonyl (C=O) groups excluding carboxylic acids is 1. The highest BCUT2D eigenvalue weighted by Gasteiger charge is 2.76. The van der Waals surface area contributed by atoms with E-state index in [9.17, 15) is 48.7 Å². The number of rotatable bonds is 3. The van der Waals surface area contributed by atoms with Gasteiger partial charge in [0.05, 0.1) is 17.4 Å². The summed E-state index contributed by atoms with van der Waals surface area (Å²) in [6.07, 6.45) is -11.3. The Bertz CT molecular complexity index is 592. The number of hydrogen-bond acceptors (Lipinski definition) is 2. The van der Waals surface area contributed by atoms with Crippen LogP contribution >= 0.6 is 0 Å². The van der Waals surface area contributed by atoms with Gasteiger partial charge < -0.3 is 5.32 Å². The first kappa shape index (κ1) is 19.0. The standard InChI is InChI=1S/C10H4F10N2O/c11-7(12,9(16,17)10(18,19)20)6(23)22-5-3-21-2-1-4(5)8(13,14)15/h1-3H,(H,22,23). The van der Waals surface area contributed by atoms with Gasteiger partial charge in [0.25, 0.3) is 0 Å². The molecule has 0 atom stereocenters. The Morgan fingerprint density at radius 1 is 0.957 bits per heavy atom. The molecule has 1 amide bonds. The van der Waals surface area contributed by atoms with Crippen LogP contribution in [0.3, 0.4) is 0 Å². The lowest BCUT2D eigenvalue weighted by molar-refractivity contribution is -0.343. The molecule has 1 heterocycles. The van der Waals surface area contributed by atoms with Crippen molar-refractivity contribution in [3.8, 4) is 0 Å². The Labute approximate surface area is 120 Å². The average Bonchev–Trinajstić information content (AvgIpc) is 2.36. The van der Waals surface area contributed by atoms with Crippen molar-refractivity contribution in [2.45, 2.75) is 24.2 Å². The summed E-state index contributed by atoms with van der Waals surface area (Å²) < 4.78 is 125. The first-order valence-electron chi connectivity index (χ1n) is 5.27. The van der Waals surface area contributed by atoms with Crippen molar-refractivity contribution in [2.75, 3.05) is 5.32 Å². The molecule has 13 heteroatoms. The molecule has 0 aliphatic heterocycles. The summed E-state index contributed by atoms with van der Waals surface area (Å²) in [6, 6.07) is 0.204. The van der Waals surface area contributed by atoms with Crippen molar-refractivity contribution in [3.05, 3.63) is 24.0 Å². The van der Waals surface area contributed by atoms with Gasteiger partial charge in [0, 0.05) is 6.20 Å². The lowest BCUT2D eigenvalue weighted by atomic mass is 10.1. The summed E-state index contributed by atoms with van der Waals surface area (Å²) in [5.74, 6) is -16.4. The predicted molar refractivity (Wildman–Crippen MR) is 53.8 cm³/mol. The van der Waals surface area contributed by atoms with Gasteiger partial charge in [-0.1, -0.05) is 0 Å². The van der Waals surface area contributed by atoms with Crippen molar-refractivity contribution >= 4 is 11.6 Å². The fraction of sp³-hybridized carbons (Fsp3) is 0.400. The number of anilines is 1. The Morgan fingerprint density at radius 3 is 1.91 bits per heavy atom. The molecule has 1 rings (SSSR count). The first-order valence-corrected chi connectivity index (χ1v) is 5.27. The van der Waals surface area contributed by atoms with Gasteiger partial charge in [-0.05, 0) is 6.07 Å². The van der Waals surface area contributed by atoms with Crippen molar-refractivity contribution in [1.29, 1.82) is 0 Å². The topological polar surface area (TPSA) is 42.0 Å². The molecule has 0 bridgehead atoms. The van der Waals surface area contributed by atoms with E-state index in [4.69, 9.17) is 0 Å². The zero-order chi connectivity index (χ0) is 18.3. The van der Waals surface area contributed by atoms with Gasteiger partial charge in [-0.25, -0.2) is 0 Å². The molecule has 0 aliphatic carbocycles. The maximum atomic E-state index is 13.0. The highest BCUT2D eigenvalue weighted by Crippen LogP contribution is 2.47.